The van der Waals surface area contributed by atoms with Crippen molar-refractivity contribution < 1.29 is 9.53 Å². The van der Waals surface area contributed by atoms with Gasteiger partial charge in [0.05, 0.1) is 12.1 Å². The zero-order chi connectivity index (χ0) is 12.1. The molecule has 0 aliphatic carbocycles. The third-order valence-electron chi connectivity index (χ3n) is 2.89. The molecule has 0 bridgehead atoms. The standard InChI is InChI=1S/C12H24N2O2/c1-8(2)6-11(13)12(15)14-10-4-5-16-9(3)7-10/h8-11H,4-7,13H2,1-3H3,(H,14,15)/t9?,10?,11-/m1/s1. The fraction of sp³-hybridized carbons (Fsp3) is 0.917. The van der Waals surface area contributed by atoms with E-state index in [0.29, 0.717) is 5.92 Å². The van der Waals surface area contributed by atoms with E-state index in [2.05, 4.69) is 19.2 Å². The highest BCUT2D eigenvalue weighted by Crippen LogP contribution is 2.13. The maximum absolute atomic E-state index is 11.8. The lowest BCUT2D eigenvalue weighted by atomic mass is 10.0. The van der Waals surface area contributed by atoms with Crippen molar-refractivity contribution >= 4 is 5.91 Å². The number of nitrogens with two attached hydrogens (primary N) is 1. The fourth-order valence-corrected chi connectivity index (χ4v) is 2.05. The van der Waals surface area contributed by atoms with Gasteiger partial charge >= 0.3 is 0 Å². The zero-order valence-corrected chi connectivity index (χ0v) is 10.5. The molecule has 0 spiro atoms. The van der Waals surface area contributed by atoms with Crippen molar-refractivity contribution in [2.45, 2.75) is 58.2 Å². The number of ether oxygens (including phenoxy) is 1. The molecular weight excluding hydrogens is 204 g/mol. The summed E-state index contributed by atoms with van der Waals surface area (Å²) in [6, 6.07) is -0.146. The normalized spacial score (nSPS) is 27.8. The molecule has 0 radical (unpaired) electrons. The van der Waals surface area contributed by atoms with Gasteiger partial charge in [-0.05, 0) is 32.1 Å². The Hall–Kier alpha value is -0.610. The Balaban J connectivity index is 2.32. The number of hydrogen-bond acceptors (Lipinski definition) is 3. The van der Waals surface area contributed by atoms with Crippen molar-refractivity contribution in [3.63, 3.8) is 0 Å². The van der Waals surface area contributed by atoms with E-state index in [4.69, 9.17) is 10.5 Å². The average Bonchev–Trinajstić information content (AvgIpc) is 2.16. The molecule has 0 aromatic carbocycles. The van der Waals surface area contributed by atoms with E-state index in [-0.39, 0.29) is 24.1 Å². The molecule has 1 rings (SSSR count). The molecule has 94 valence electrons. The second-order valence-electron chi connectivity index (χ2n) is 5.15. The second kappa shape index (κ2) is 6.21. The molecule has 3 N–H and O–H groups in total. The van der Waals surface area contributed by atoms with E-state index in [1.54, 1.807) is 0 Å². The Labute approximate surface area is 97.9 Å². The minimum Gasteiger partial charge on any atom is -0.378 e. The maximum atomic E-state index is 11.8. The third-order valence-corrected chi connectivity index (χ3v) is 2.89. The van der Waals surface area contributed by atoms with Crippen LogP contribution in [0.4, 0.5) is 0 Å². The molecule has 2 unspecified atom stereocenters. The predicted octanol–water partition coefficient (Wildman–Crippen LogP) is 1.04. The van der Waals surface area contributed by atoms with Gasteiger partial charge in [0.1, 0.15) is 0 Å². The maximum Gasteiger partial charge on any atom is 0.237 e. The lowest BCUT2D eigenvalue weighted by Crippen LogP contribution is -2.48. The van der Waals surface area contributed by atoms with E-state index in [0.717, 1.165) is 25.9 Å². The van der Waals surface area contributed by atoms with Crippen LogP contribution in [-0.2, 0) is 9.53 Å². The van der Waals surface area contributed by atoms with Gasteiger partial charge in [-0.25, -0.2) is 0 Å². The molecule has 1 amide bonds. The Morgan fingerprint density at radius 1 is 1.56 bits per heavy atom. The van der Waals surface area contributed by atoms with Crippen LogP contribution in [0.3, 0.4) is 0 Å². The quantitative estimate of drug-likeness (QED) is 0.755. The molecule has 16 heavy (non-hydrogen) atoms. The summed E-state index contributed by atoms with van der Waals surface area (Å²) in [6.45, 7) is 6.91. The molecule has 1 fully saturated rings. The lowest BCUT2D eigenvalue weighted by Gasteiger charge is -2.29. The molecular formula is C12H24N2O2. The van der Waals surface area contributed by atoms with Crippen LogP contribution in [-0.4, -0.2) is 30.7 Å². The van der Waals surface area contributed by atoms with Crippen LogP contribution in [0.5, 0.6) is 0 Å². The monoisotopic (exact) mass is 228 g/mol. The Morgan fingerprint density at radius 2 is 2.25 bits per heavy atom. The molecule has 1 heterocycles. The molecule has 1 aliphatic heterocycles. The highest BCUT2D eigenvalue weighted by atomic mass is 16.5. The minimum absolute atomic E-state index is 0.0206. The summed E-state index contributed by atoms with van der Waals surface area (Å²) in [4.78, 5) is 11.8. The molecule has 1 saturated heterocycles. The number of amides is 1. The smallest absolute Gasteiger partial charge is 0.237 e. The van der Waals surface area contributed by atoms with E-state index in [1.165, 1.54) is 0 Å². The molecule has 4 heteroatoms. The Kier molecular flexibility index (Phi) is 5.22. The van der Waals surface area contributed by atoms with Crippen molar-refractivity contribution in [2.24, 2.45) is 11.7 Å². The van der Waals surface area contributed by atoms with Gasteiger partial charge in [-0.3, -0.25) is 4.79 Å². The van der Waals surface area contributed by atoms with Crippen molar-refractivity contribution in [3.05, 3.63) is 0 Å². The first kappa shape index (κ1) is 13.5. The van der Waals surface area contributed by atoms with Gasteiger partial charge in [0.2, 0.25) is 5.91 Å². The molecule has 0 saturated carbocycles. The van der Waals surface area contributed by atoms with Gasteiger partial charge in [0.25, 0.3) is 0 Å². The summed E-state index contributed by atoms with van der Waals surface area (Å²) < 4.78 is 5.43. The van der Waals surface area contributed by atoms with Gasteiger partial charge < -0.3 is 15.8 Å². The van der Waals surface area contributed by atoms with Crippen LogP contribution < -0.4 is 11.1 Å². The summed E-state index contributed by atoms with van der Waals surface area (Å²) in [7, 11) is 0. The van der Waals surface area contributed by atoms with Crippen LogP contribution in [0.15, 0.2) is 0 Å². The van der Waals surface area contributed by atoms with E-state index < -0.39 is 0 Å². The number of hydrogen-bond donors (Lipinski definition) is 2. The summed E-state index contributed by atoms with van der Waals surface area (Å²) in [5.74, 6) is 0.433. The molecule has 1 aliphatic rings. The van der Waals surface area contributed by atoms with Crippen molar-refractivity contribution in [3.8, 4) is 0 Å². The van der Waals surface area contributed by atoms with Crippen LogP contribution in [0.25, 0.3) is 0 Å². The number of nitrogens with one attached hydrogen (secondary N) is 1. The van der Waals surface area contributed by atoms with E-state index >= 15 is 0 Å². The highest BCUT2D eigenvalue weighted by Gasteiger charge is 2.23. The van der Waals surface area contributed by atoms with Crippen LogP contribution in [0.1, 0.15) is 40.0 Å². The van der Waals surface area contributed by atoms with Crippen molar-refractivity contribution in [1.29, 1.82) is 0 Å². The first-order chi connectivity index (χ1) is 7.49. The van der Waals surface area contributed by atoms with Crippen molar-refractivity contribution in [1.82, 2.24) is 5.32 Å². The van der Waals surface area contributed by atoms with Gasteiger partial charge in [-0.15, -0.1) is 0 Å². The zero-order valence-electron chi connectivity index (χ0n) is 10.5. The Bertz CT molecular complexity index is 231. The largest absolute Gasteiger partial charge is 0.378 e. The topological polar surface area (TPSA) is 64.4 Å². The van der Waals surface area contributed by atoms with E-state index in [9.17, 15) is 4.79 Å². The number of carbonyl (C=O) groups excluding carboxylic acids is 1. The molecule has 0 aromatic heterocycles. The van der Waals surface area contributed by atoms with Gasteiger partial charge in [-0.1, -0.05) is 13.8 Å². The second-order valence-corrected chi connectivity index (χ2v) is 5.15. The van der Waals surface area contributed by atoms with Gasteiger partial charge in [0, 0.05) is 12.6 Å². The summed E-state index contributed by atoms with van der Waals surface area (Å²) in [6.07, 6.45) is 2.76. The Morgan fingerprint density at radius 3 is 2.81 bits per heavy atom. The number of rotatable bonds is 4. The average molecular weight is 228 g/mol. The van der Waals surface area contributed by atoms with Crippen LogP contribution in [0.2, 0.25) is 0 Å². The fourth-order valence-electron chi connectivity index (χ4n) is 2.05. The van der Waals surface area contributed by atoms with Crippen LogP contribution in [0, 0.1) is 5.92 Å². The van der Waals surface area contributed by atoms with Crippen molar-refractivity contribution in [2.75, 3.05) is 6.61 Å². The van der Waals surface area contributed by atoms with Gasteiger partial charge in [-0.2, -0.15) is 0 Å². The summed E-state index contributed by atoms with van der Waals surface area (Å²) in [5.41, 5.74) is 5.83. The summed E-state index contributed by atoms with van der Waals surface area (Å²) in [5, 5.41) is 3.01. The highest BCUT2D eigenvalue weighted by molar-refractivity contribution is 5.81. The molecule has 4 nitrogen and oxygen atoms in total. The third kappa shape index (κ3) is 4.49. The number of carbonyl (C=O) groups is 1. The minimum atomic E-state index is -0.377. The SMILES string of the molecule is CC(C)C[C@@H](N)C(=O)NC1CCOC(C)C1. The van der Waals surface area contributed by atoms with E-state index in [1.807, 2.05) is 6.92 Å². The van der Waals surface area contributed by atoms with Gasteiger partial charge in [0.15, 0.2) is 0 Å². The lowest BCUT2D eigenvalue weighted by molar-refractivity contribution is -0.124. The molecule has 0 aromatic rings. The molecule has 3 atom stereocenters. The first-order valence-corrected chi connectivity index (χ1v) is 6.16. The first-order valence-electron chi connectivity index (χ1n) is 6.16. The van der Waals surface area contributed by atoms with Crippen LogP contribution >= 0.6 is 0 Å². The predicted molar refractivity (Wildman–Crippen MR) is 64.0 cm³/mol. The summed E-state index contributed by atoms with van der Waals surface area (Å²) >= 11 is 0.